The monoisotopic (exact) mass is 292 g/mol. The molecule has 0 bridgehead atoms. The van der Waals surface area contributed by atoms with Gasteiger partial charge < -0.3 is 9.68 Å². The van der Waals surface area contributed by atoms with E-state index in [2.05, 4.69) is 15.0 Å². The minimum Gasteiger partial charge on any atom is -0.393 e. The van der Waals surface area contributed by atoms with Gasteiger partial charge in [0.15, 0.2) is 0 Å². The van der Waals surface area contributed by atoms with Gasteiger partial charge in [0.05, 0.1) is 5.56 Å². The molecule has 0 aliphatic carbocycles. The van der Waals surface area contributed by atoms with Crippen molar-refractivity contribution in [3.63, 3.8) is 0 Å². The van der Waals surface area contributed by atoms with E-state index in [0.29, 0.717) is 6.42 Å². The van der Waals surface area contributed by atoms with Gasteiger partial charge in [0.1, 0.15) is 11.0 Å². The van der Waals surface area contributed by atoms with Crippen LogP contribution in [0.15, 0.2) is 29.5 Å². The van der Waals surface area contributed by atoms with Crippen molar-refractivity contribution >= 4 is 11.9 Å². The van der Waals surface area contributed by atoms with Gasteiger partial charge in [-0.1, -0.05) is 31.9 Å². The predicted octanol–water partition coefficient (Wildman–Crippen LogP) is 3.06. The lowest BCUT2D eigenvalue weighted by Gasteiger charge is -2.08. The molecule has 8 nitrogen and oxygen atoms in total. The molecule has 0 unspecified atom stereocenters. The Labute approximate surface area is 121 Å². The van der Waals surface area contributed by atoms with E-state index in [1.165, 1.54) is 12.1 Å². The molecule has 0 saturated heterocycles. The smallest absolute Gasteiger partial charge is 0.332 e. The standard InChI is InChI=1S/C13H16N4O4/c1-2-3-4-9-12(18)21-15-13(19)10-7-5-6-8-11(10)20-17-16-14/h5-8H,2-4,9H2,1H3,(H,15,19). The molecule has 0 atom stereocenters. The summed E-state index contributed by atoms with van der Waals surface area (Å²) in [6, 6.07) is 6.10. The zero-order valence-electron chi connectivity index (χ0n) is 11.6. The van der Waals surface area contributed by atoms with Gasteiger partial charge in [0.2, 0.25) is 0 Å². The number of carbonyl (C=O) groups excluding carboxylic acids is 2. The molecule has 0 heterocycles. The number of nitrogens with zero attached hydrogens (tertiary/aromatic N) is 3. The number of azide groups is 1. The van der Waals surface area contributed by atoms with Crippen molar-refractivity contribution in [2.24, 2.45) is 5.28 Å². The quantitative estimate of drug-likeness (QED) is 0.273. The fourth-order valence-electron chi connectivity index (χ4n) is 1.52. The highest BCUT2D eigenvalue weighted by Gasteiger charge is 2.14. The maximum Gasteiger partial charge on any atom is 0.332 e. The van der Waals surface area contributed by atoms with Gasteiger partial charge in [0.25, 0.3) is 5.91 Å². The second-order valence-corrected chi connectivity index (χ2v) is 4.12. The van der Waals surface area contributed by atoms with E-state index in [1.54, 1.807) is 12.1 Å². The summed E-state index contributed by atoms with van der Waals surface area (Å²) in [6.07, 6.45) is 2.86. The highest BCUT2D eigenvalue weighted by Crippen LogP contribution is 2.18. The maximum atomic E-state index is 11.9. The van der Waals surface area contributed by atoms with Crippen molar-refractivity contribution in [2.45, 2.75) is 32.6 Å². The first-order valence-electron chi connectivity index (χ1n) is 6.49. The van der Waals surface area contributed by atoms with Gasteiger partial charge in [-0.15, -0.1) is 0 Å². The van der Waals surface area contributed by atoms with E-state index in [9.17, 15) is 9.59 Å². The van der Waals surface area contributed by atoms with Crippen LogP contribution in [0.1, 0.15) is 43.0 Å². The van der Waals surface area contributed by atoms with Crippen LogP contribution >= 0.6 is 0 Å². The summed E-state index contributed by atoms with van der Waals surface area (Å²) in [6.45, 7) is 2.02. The molecule has 1 aromatic carbocycles. The SMILES string of the molecule is CCCCCC(=O)ONC(=O)c1ccccc1ON=[N+]=[N-]. The first kappa shape index (κ1) is 16.3. The van der Waals surface area contributed by atoms with Gasteiger partial charge in [-0.25, -0.2) is 4.79 Å². The van der Waals surface area contributed by atoms with E-state index >= 15 is 0 Å². The predicted molar refractivity (Wildman–Crippen MR) is 73.9 cm³/mol. The van der Waals surface area contributed by atoms with E-state index in [0.717, 1.165) is 12.8 Å². The Balaban J connectivity index is 2.55. The minimum absolute atomic E-state index is 0.0647. The molecule has 21 heavy (non-hydrogen) atoms. The highest BCUT2D eigenvalue weighted by molar-refractivity contribution is 5.96. The third-order valence-electron chi connectivity index (χ3n) is 2.55. The van der Waals surface area contributed by atoms with Crippen molar-refractivity contribution in [1.82, 2.24) is 5.48 Å². The Morgan fingerprint density at radius 2 is 2.10 bits per heavy atom. The van der Waals surface area contributed by atoms with Crippen molar-refractivity contribution in [3.05, 3.63) is 40.3 Å². The van der Waals surface area contributed by atoms with Crippen LogP contribution in [0.3, 0.4) is 0 Å². The largest absolute Gasteiger partial charge is 0.393 e. The van der Waals surface area contributed by atoms with Crippen LogP contribution in [0.2, 0.25) is 0 Å². The molecule has 1 rings (SSSR count). The number of rotatable bonds is 7. The maximum absolute atomic E-state index is 11.9. The molecular formula is C13H16N4O4. The van der Waals surface area contributed by atoms with Crippen molar-refractivity contribution in [1.29, 1.82) is 0 Å². The Bertz CT molecular complexity index is 541. The molecule has 1 amide bonds. The lowest BCUT2D eigenvalue weighted by molar-refractivity contribution is -0.149. The Morgan fingerprint density at radius 3 is 2.81 bits per heavy atom. The molecule has 1 N–H and O–H groups in total. The average molecular weight is 292 g/mol. The third-order valence-corrected chi connectivity index (χ3v) is 2.55. The number of benzene rings is 1. The Hall–Kier alpha value is -2.73. The molecule has 112 valence electrons. The molecule has 0 aliphatic rings. The summed E-state index contributed by atoms with van der Waals surface area (Å²) in [4.78, 5) is 35.0. The summed E-state index contributed by atoms with van der Waals surface area (Å²) >= 11 is 0. The van der Waals surface area contributed by atoms with Crippen LogP contribution in [0.4, 0.5) is 0 Å². The number of para-hydroxylation sites is 1. The summed E-state index contributed by atoms with van der Waals surface area (Å²) in [5.41, 5.74) is 10.3. The Kier molecular flexibility index (Phi) is 7.17. The van der Waals surface area contributed by atoms with Crippen molar-refractivity contribution < 1.29 is 19.3 Å². The Morgan fingerprint density at radius 1 is 1.33 bits per heavy atom. The molecule has 0 aromatic heterocycles. The molecule has 0 saturated carbocycles. The minimum atomic E-state index is -0.664. The van der Waals surface area contributed by atoms with E-state index in [4.69, 9.17) is 10.4 Å². The molecule has 0 aliphatic heterocycles. The van der Waals surface area contributed by atoms with Crippen molar-refractivity contribution in [2.75, 3.05) is 0 Å². The van der Waals surface area contributed by atoms with Gasteiger partial charge in [-0.05, 0) is 24.1 Å². The topological polar surface area (TPSA) is 113 Å². The first-order chi connectivity index (χ1) is 10.2. The molecule has 0 spiro atoms. The number of hydroxylamine groups is 1. The van der Waals surface area contributed by atoms with Crippen LogP contribution in [0.5, 0.6) is 5.75 Å². The third kappa shape index (κ3) is 5.84. The van der Waals surface area contributed by atoms with Gasteiger partial charge >= 0.3 is 5.97 Å². The first-order valence-corrected chi connectivity index (χ1v) is 6.49. The second-order valence-electron chi connectivity index (χ2n) is 4.12. The van der Waals surface area contributed by atoms with Crippen molar-refractivity contribution in [3.8, 4) is 5.75 Å². The van der Waals surface area contributed by atoms with Crippen LogP contribution < -0.4 is 10.3 Å². The van der Waals surface area contributed by atoms with E-state index in [1.807, 2.05) is 12.4 Å². The fourth-order valence-corrected chi connectivity index (χ4v) is 1.52. The van der Waals surface area contributed by atoms with Crippen LogP contribution in [0.25, 0.3) is 10.4 Å². The molecule has 0 radical (unpaired) electrons. The van der Waals surface area contributed by atoms with Gasteiger partial charge in [-0.2, -0.15) is 5.48 Å². The lowest BCUT2D eigenvalue weighted by atomic mass is 10.2. The summed E-state index contributed by atoms with van der Waals surface area (Å²) in [7, 11) is 0. The number of carbonyl (C=O) groups is 2. The van der Waals surface area contributed by atoms with Crippen LogP contribution in [0, 0.1) is 0 Å². The van der Waals surface area contributed by atoms with Crippen LogP contribution in [-0.2, 0) is 9.63 Å². The van der Waals surface area contributed by atoms with Gasteiger partial charge in [0, 0.05) is 11.3 Å². The zero-order chi connectivity index (χ0) is 15.5. The average Bonchev–Trinajstić information content (AvgIpc) is 2.51. The highest BCUT2D eigenvalue weighted by atomic mass is 16.7. The summed E-state index contributed by atoms with van der Waals surface area (Å²) in [5.74, 6) is -1.11. The number of nitrogens with one attached hydrogen (secondary N) is 1. The number of amides is 1. The van der Waals surface area contributed by atoms with Gasteiger partial charge in [-0.3, -0.25) is 4.79 Å². The number of unbranched alkanes of at least 4 members (excludes halogenated alkanes) is 2. The number of hydrogen-bond acceptors (Lipinski definition) is 5. The molecule has 8 heteroatoms. The lowest BCUT2D eigenvalue weighted by Crippen LogP contribution is -2.27. The second kappa shape index (κ2) is 9.22. The molecular weight excluding hydrogens is 276 g/mol. The summed E-state index contributed by atoms with van der Waals surface area (Å²) < 4.78 is 0. The van der Waals surface area contributed by atoms with E-state index in [-0.39, 0.29) is 17.7 Å². The van der Waals surface area contributed by atoms with Crippen LogP contribution in [-0.4, -0.2) is 11.9 Å². The normalized spacial score (nSPS) is 9.38. The summed E-state index contributed by atoms with van der Waals surface area (Å²) in [5, 5.41) is 2.92. The fraction of sp³-hybridized carbons (Fsp3) is 0.385. The molecule has 0 fully saturated rings. The zero-order valence-corrected chi connectivity index (χ0v) is 11.6. The molecule has 1 aromatic rings. The number of hydrogen-bond donors (Lipinski definition) is 1. The van der Waals surface area contributed by atoms with E-state index < -0.39 is 11.9 Å².